The Morgan fingerprint density at radius 1 is 1.24 bits per heavy atom. The van der Waals surface area contributed by atoms with Crippen molar-refractivity contribution in [1.82, 2.24) is 0 Å². The number of thioether (sulfide) groups is 1. The van der Waals surface area contributed by atoms with Crippen molar-refractivity contribution in [3.05, 3.63) is 48.0 Å². The number of carbonyl (C=O) groups excluding carboxylic acids is 1. The van der Waals surface area contributed by atoms with Gasteiger partial charge < -0.3 is 25.3 Å². The number of nitrogens with two attached hydrogens (primary N) is 1. The molecule has 0 saturated heterocycles. The second-order valence-electron chi connectivity index (χ2n) is 7.05. The van der Waals surface area contributed by atoms with Crippen molar-refractivity contribution in [2.45, 2.75) is 18.9 Å². The molecule has 0 aromatic heterocycles. The molecule has 0 fully saturated rings. The van der Waals surface area contributed by atoms with Gasteiger partial charge in [-0.25, -0.2) is 0 Å². The third-order valence-electron chi connectivity index (χ3n) is 4.85. The lowest BCUT2D eigenvalue weighted by Crippen LogP contribution is -2.28. The largest absolute Gasteiger partial charge is 0.486 e. The number of fused-ring (bicyclic) bond motifs is 1. The maximum atomic E-state index is 12.3. The molecule has 152 valence electrons. The van der Waals surface area contributed by atoms with Gasteiger partial charge in [-0.05, 0) is 43.2 Å². The van der Waals surface area contributed by atoms with Gasteiger partial charge in [0.2, 0.25) is 0 Å². The predicted molar refractivity (Wildman–Crippen MR) is 114 cm³/mol. The second-order valence-corrected chi connectivity index (χ2v) is 8.16. The highest BCUT2D eigenvalue weighted by atomic mass is 32.2. The molecular formula is C21H23N3O4S. The Kier molecular flexibility index (Phi) is 5.53. The Bertz CT molecular complexity index is 949. The molecule has 7 nitrogen and oxygen atoms in total. The predicted octanol–water partition coefficient (Wildman–Crippen LogP) is 3.14. The van der Waals surface area contributed by atoms with E-state index >= 15 is 0 Å². The van der Waals surface area contributed by atoms with Crippen LogP contribution < -0.4 is 25.3 Å². The highest BCUT2D eigenvalue weighted by Crippen LogP contribution is 2.36. The number of carbonyl (C=O) groups is 1. The van der Waals surface area contributed by atoms with Gasteiger partial charge in [0.15, 0.2) is 23.3 Å². The smallest absolute Gasteiger partial charge is 0.262 e. The Balaban J connectivity index is 1.38. The summed E-state index contributed by atoms with van der Waals surface area (Å²) in [6, 6.07) is 13.0. The fraction of sp³-hybridized carbons (Fsp3) is 0.333. The van der Waals surface area contributed by atoms with E-state index in [4.69, 9.17) is 19.9 Å². The van der Waals surface area contributed by atoms with Gasteiger partial charge in [0.25, 0.3) is 5.91 Å². The first kappa shape index (κ1) is 19.4. The van der Waals surface area contributed by atoms with E-state index in [1.54, 1.807) is 30.0 Å². The van der Waals surface area contributed by atoms with Crippen LogP contribution in [0.1, 0.15) is 18.9 Å². The fourth-order valence-corrected chi connectivity index (χ4v) is 4.26. The minimum atomic E-state index is -0.373. The van der Waals surface area contributed by atoms with Crippen LogP contribution in [0.25, 0.3) is 0 Å². The molecule has 0 spiro atoms. The molecule has 2 aliphatic rings. The number of aliphatic imine (C=N–C) groups is 1. The maximum Gasteiger partial charge on any atom is 0.262 e. The van der Waals surface area contributed by atoms with Crippen LogP contribution >= 0.6 is 11.8 Å². The zero-order chi connectivity index (χ0) is 20.3. The standard InChI is InChI=1S/C21H23N3O4S/c1-21(7-10-29-20(22)24-21)14-3-2-4-16(11-14)28-13-19(25)23-15-5-6-17-18(12-15)27-9-8-26-17/h2-6,11-12H,7-10,13H2,1H3,(H2,22,24)(H,23,25). The third-order valence-corrected chi connectivity index (χ3v) is 5.64. The molecule has 0 radical (unpaired) electrons. The molecule has 2 aliphatic heterocycles. The molecule has 1 atom stereocenters. The van der Waals surface area contributed by atoms with Crippen LogP contribution in [0.2, 0.25) is 0 Å². The molecule has 3 N–H and O–H groups in total. The van der Waals surface area contributed by atoms with Crippen molar-refractivity contribution in [2.75, 3.05) is 30.9 Å². The minimum Gasteiger partial charge on any atom is -0.486 e. The highest BCUT2D eigenvalue weighted by Gasteiger charge is 2.29. The quantitative estimate of drug-likeness (QED) is 0.782. The normalized spacial score (nSPS) is 20.5. The molecule has 0 aliphatic carbocycles. The Hall–Kier alpha value is -2.87. The van der Waals surface area contributed by atoms with Crippen LogP contribution in [-0.2, 0) is 10.3 Å². The van der Waals surface area contributed by atoms with Crippen LogP contribution in [0.15, 0.2) is 47.5 Å². The average Bonchev–Trinajstić information content (AvgIpc) is 2.72. The van der Waals surface area contributed by atoms with E-state index in [9.17, 15) is 4.79 Å². The van der Waals surface area contributed by atoms with Crippen LogP contribution in [0.4, 0.5) is 5.69 Å². The van der Waals surface area contributed by atoms with Gasteiger partial charge in [0.05, 0.1) is 5.54 Å². The van der Waals surface area contributed by atoms with Crippen molar-refractivity contribution in [1.29, 1.82) is 0 Å². The lowest BCUT2D eigenvalue weighted by atomic mass is 9.90. The van der Waals surface area contributed by atoms with Crippen molar-refractivity contribution in [3.63, 3.8) is 0 Å². The molecule has 0 saturated carbocycles. The van der Waals surface area contributed by atoms with E-state index in [2.05, 4.69) is 17.2 Å². The number of amides is 1. The summed E-state index contributed by atoms with van der Waals surface area (Å²) >= 11 is 1.57. The number of ether oxygens (including phenoxy) is 3. The number of anilines is 1. The summed E-state index contributed by atoms with van der Waals surface area (Å²) in [7, 11) is 0. The van der Waals surface area contributed by atoms with Crippen LogP contribution in [0.3, 0.4) is 0 Å². The van der Waals surface area contributed by atoms with Gasteiger partial charge in [-0.2, -0.15) is 0 Å². The Labute approximate surface area is 173 Å². The number of nitrogens with zero attached hydrogens (tertiary/aromatic N) is 1. The van der Waals surface area contributed by atoms with Gasteiger partial charge in [-0.3, -0.25) is 9.79 Å². The Morgan fingerprint density at radius 3 is 2.90 bits per heavy atom. The Morgan fingerprint density at radius 2 is 2.07 bits per heavy atom. The molecular weight excluding hydrogens is 390 g/mol. The zero-order valence-electron chi connectivity index (χ0n) is 16.1. The second kappa shape index (κ2) is 8.24. The van der Waals surface area contributed by atoms with Crippen LogP contribution in [0.5, 0.6) is 17.2 Å². The van der Waals surface area contributed by atoms with Gasteiger partial charge in [-0.1, -0.05) is 23.9 Å². The first-order valence-electron chi connectivity index (χ1n) is 9.43. The summed E-state index contributed by atoms with van der Waals surface area (Å²) in [6.07, 6.45) is 0.895. The molecule has 2 aromatic carbocycles. The van der Waals surface area contributed by atoms with E-state index in [0.717, 1.165) is 17.7 Å². The summed E-state index contributed by atoms with van der Waals surface area (Å²) in [4.78, 5) is 16.9. The molecule has 29 heavy (non-hydrogen) atoms. The summed E-state index contributed by atoms with van der Waals surface area (Å²) in [5.41, 5.74) is 7.19. The number of benzene rings is 2. The van der Waals surface area contributed by atoms with Crippen LogP contribution in [-0.4, -0.2) is 36.6 Å². The molecule has 2 heterocycles. The highest BCUT2D eigenvalue weighted by molar-refractivity contribution is 8.13. The van der Waals surface area contributed by atoms with Crippen molar-refractivity contribution < 1.29 is 19.0 Å². The number of nitrogens with one attached hydrogen (secondary N) is 1. The van der Waals surface area contributed by atoms with Gasteiger partial charge in [0, 0.05) is 17.5 Å². The van der Waals surface area contributed by atoms with E-state index in [-0.39, 0.29) is 18.1 Å². The SMILES string of the molecule is CC1(c2cccc(OCC(=O)Nc3ccc4c(c3)OCCO4)c2)CCSC(N)=N1. The van der Waals surface area contributed by atoms with Crippen molar-refractivity contribution >= 4 is 28.5 Å². The van der Waals surface area contributed by atoms with E-state index < -0.39 is 0 Å². The van der Waals surface area contributed by atoms with Crippen molar-refractivity contribution in [3.8, 4) is 17.2 Å². The number of rotatable bonds is 5. The zero-order valence-corrected chi connectivity index (χ0v) is 17.0. The number of hydrogen-bond donors (Lipinski definition) is 2. The molecule has 1 unspecified atom stereocenters. The van der Waals surface area contributed by atoms with Gasteiger partial charge >= 0.3 is 0 Å². The van der Waals surface area contributed by atoms with E-state index in [1.165, 1.54) is 0 Å². The first-order chi connectivity index (χ1) is 14.0. The third kappa shape index (κ3) is 4.59. The molecule has 1 amide bonds. The molecule has 4 rings (SSSR count). The minimum absolute atomic E-state index is 0.101. The summed E-state index contributed by atoms with van der Waals surface area (Å²) in [5.74, 6) is 2.60. The molecule has 8 heteroatoms. The monoisotopic (exact) mass is 413 g/mol. The van der Waals surface area contributed by atoms with Gasteiger partial charge in [0.1, 0.15) is 19.0 Å². The summed E-state index contributed by atoms with van der Waals surface area (Å²) in [6.45, 7) is 2.99. The topological polar surface area (TPSA) is 95.2 Å². The van der Waals surface area contributed by atoms with Crippen LogP contribution in [0, 0.1) is 0 Å². The van der Waals surface area contributed by atoms with Crippen molar-refractivity contribution in [2.24, 2.45) is 10.7 Å². The van der Waals surface area contributed by atoms with Gasteiger partial charge in [-0.15, -0.1) is 0 Å². The molecule has 2 aromatic rings. The lowest BCUT2D eigenvalue weighted by Gasteiger charge is -2.30. The number of hydrogen-bond acceptors (Lipinski definition) is 7. The maximum absolute atomic E-state index is 12.3. The first-order valence-corrected chi connectivity index (χ1v) is 10.4. The summed E-state index contributed by atoms with van der Waals surface area (Å²) < 4.78 is 16.7. The average molecular weight is 413 g/mol. The summed E-state index contributed by atoms with van der Waals surface area (Å²) in [5, 5.41) is 3.41. The lowest BCUT2D eigenvalue weighted by molar-refractivity contribution is -0.118. The molecule has 0 bridgehead atoms. The van der Waals surface area contributed by atoms with E-state index in [0.29, 0.717) is 41.3 Å². The fourth-order valence-electron chi connectivity index (χ4n) is 3.28. The van der Waals surface area contributed by atoms with E-state index in [1.807, 2.05) is 24.3 Å². The number of amidine groups is 1.